The van der Waals surface area contributed by atoms with Gasteiger partial charge in [0.05, 0.1) is 11.8 Å². The van der Waals surface area contributed by atoms with E-state index < -0.39 is 0 Å². The number of rotatable bonds is 6. The van der Waals surface area contributed by atoms with Crippen LogP contribution in [0, 0.1) is 23.1 Å². The van der Waals surface area contributed by atoms with E-state index in [2.05, 4.69) is 15.1 Å². The molecule has 3 rings (SSSR count). The van der Waals surface area contributed by atoms with Gasteiger partial charge in [-0.05, 0) is 56.7 Å². The lowest BCUT2D eigenvalue weighted by Gasteiger charge is -2.37. The third-order valence-electron chi connectivity index (χ3n) is 5.87. The third kappa shape index (κ3) is 5.67. The van der Waals surface area contributed by atoms with Gasteiger partial charge in [0, 0.05) is 32.2 Å². The minimum atomic E-state index is -0.145. The van der Waals surface area contributed by atoms with Crippen LogP contribution in [0.25, 0.3) is 0 Å². The van der Waals surface area contributed by atoms with Crippen molar-refractivity contribution in [1.29, 1.82) is 5.26 Å². The van der Waals surface area contributed by atoms with E-state index in [9.17, 15) is 9.18 Å². The van der Waals surface area contributed by atoms with Gasteiger partial charge in [0.1, 0.15) is 12.2 Å². The van der Waals surface area contributed by atoms with E-state index in [1.165, 1.54) is 12.5 Å². The van der Waals surface area contributed by atoms with Gasteiger partial charge in [0.15, 0.2) is 0 Å². The Morgan fingerprint density at radius 3 is 2.52 bits per heavy atom. The van der Waals surface area contributed by atoms with Crippen LogP contribution >= 0.6 is 0 Å². The predicted octanol–water partition coefficient (Wildman–Crippen LogP) is 2.93. The molecule has 0 spiro atoms. The molecule has 1 N–H and O–H groups in total. The zero-order valence-corrected chi connectivity index (χ0v) is 15.9. The van der Waals surface area contributed by atoms with Gasteiger partial charge in [-0.1, -0.05) is 12.1 Å². The van der Waals surface area contributed by atoms with Gasteiger partial charge in [-0.2, -0.15) is 5.26 Å². The van der Waals surface area contributed by atoms with Gasteiger partial charge in [-0.15, -0.1) is 0 Å². The Kier molecular flexibility index (Phi) is 7.05. The summed E-state index contributed by atoms with van der Waals surface area (Å²) in [4.78, 5) is 16.1. The molecule has 27 heavy (non-hydrogen) atoms. The van der Waals surface area contributed by atoms with Gasteiger partial charge < -0.3 is 10.2 Å². The van der Waals surface area contributed by atoms with Gasteiger partial charge in [-0.25, -0.2) is 4.39 Å². The van der Waals surface area contributed by atoms with Crippen LogP contribution in [0.15, 0.2) is 24.3 Å². The van der Waals surface area contributed by atoms with Crippen molar-refractivity contribution in [1.82, 2.24) is 10.2 Å². The molecule has 1 heterocycles. The second-order valence-corrected chi connectivity index (χ2v) is 7.69. The number of carbonyl (C=O) groups is 1. The maximum atomic E-state index is 13.9. The van der Waals surface area contributed by atoms with Crippen LogP contribution in [-0.2, 0) is 4.79 Å². The summed E-state index contributed by atoms with van der Waals surface area (Å²) in [6.45, 7) is 4.81. The highest BCUT2D eigenvalue weighted by molar-refractivity contribution is 5.78. The molecule has 2 fully saturated rings. The molecule has 6 heteroatoms. The third-order valence-corrected chi connectivity index (χ3v) is 5.87. The molecule has 0 radical (unpaired) electrons. The first-order chi connectivity index (χ1) is 13.2. The number of piperazine rings is 1. The van der Waals surface area contributed by atoms with Crippen LogP contribution in [0.3, 0.4) is 0 Å². The van der Waals surface area contributed by atoms with E-state index in [0.29, 0.717) is 5.69 Å². The SMILES string of the molecule is N#CCC(=O)N[C@H]1CC[C@H](CCN2CCN(c3ccccc3F)CC2)CC1. The average molecular weight is 372 g/mol. The maximum Gasteiger partial charge on any atom is 0.234 e. The van der Waals surface area contributed by atoms with E-state index in [-0.39, 0.29) is 24.2 Å². The summed E-state index contributed by atoms with van der Waals surface area (Å²) < 4.78 is 13.9. The highest BCUT2D eigenvalue weighted by Crippen LogP contribution is 2.27. The molecule has 1 amide bonds. The molecule has 1 aromatic rings. The Morgan fingerprint density at radius 1 is 1.15 bits per heavy atom. The van der Waals surface area contributed by atoms with Crippen molar-refractivity contribution in [2.24, 2.45) is 5.92 Å². The molecule has 1 aliphatic carbocycles. The number of halogens is 1. The lowest BCUT2D eigenvalue weighted by Crippen LogP contribution is -2.47. The van der Waals surface area contributed by atoms with E-state index >= 15 is 0 Å². The molecular formula is C21H29FN4O. The predicted molar refractivity (Wildman–Crippen MR) is 104 cm³/mol. The Balaban J connectivity index is 1.34. The van der Waals surface area contributed by atoms with E-state index in [4.69, 9.17) is 5.26 Å². The van der Waals surface area contributed by atoms with Crippen molar-refractivity contribution in [3.63, 3.8) is 0 Å². The van der Waals surface area contributed by atoms with Crippen molar-refractivity contribution in [3.05, 3.63) is 30.1 Å². The largest absolute Gasteiger partial charge is 0.367 e. The normalized spacial score (nSPS) is 23.6. The first-order valence-electron chi connectivity index (χ1n) is 10.0. The monoisotopic (exact) mass is 372 g/mol. The van der Waals surface area contributed by atoms with E-state index in [1.807, 2.05) is 18.2 Å². The summed E-state index contributed by atoms with van der Waals surface area (Å²) in [7, 11) is 0. The van der Waals surface area contributed by atoms with Gasteiger partial charge in [-0.3, -0.25) is 9.69 Å². The number of nitriles is 1. The van der Waals surface area contributed by atoms with Gasteiger partial charge in [0.2, 0.25) is 5.91 Å². The van der Waals surface area contributed by atoms with Crippen LogP contribution in [0.1, 0.15) is 38.5 Å². The summed E-state index contributed by atoms with van der Waals surface area (Å²) in [6, 6.07) is 9.16. The van der Waals surface area contributed by atoms with E-state index in [1.54, 1.807) is 6.07 Å². The van der Waals surface area contributed by atoms with E-state index in [0.717, 1.165) is 64.3 Å². The second-order valence-electron chi connectivity index (χ2n) is 7.69. The zero-order chi connectivity index (χ0) is 19.1. The Morgan fingerprint density at radius 2 is 1.85 bits per heavy atom. The van der Waals surface area contributed by atoms with Crippen LogP contribution < -0.4 is 10.2 Å². The van der Waals surface area contributed by atoms with Crippen LogP contribution in [0.4, 0.5) is 10.1 Å². The number of nitrogens with zero attached hydrogens (tertiary/aromatic N) is 3. The molecule has 1 saturated heterocycles. The fraction of sp³-hybridized carbons (Fsp3) is 0.619. The van der Waals surface area contributed by atoms with Gasteiger partial charge >= 0.3 is 0 Å². The Hall–Kier alpha value is -2.13. The van der Waals surface area contributed by atoms with Crippen LogP contribution in [-0.4, -0.2) is 49.6 Å². The molecule has 1 aromatic carbocycles. The number of anilines is 1. The average Bonchev–Trinajstić information content (AvgIpc) is 2.68. The number of hydrogen-bond donors (Lipinski definition) is 1. The summed E-state index contributed by atoms with van der Waals surface area (Å²) in [6.07, 6.45) is 5.47. The number of hydrogen-bond acceptors (Lipinski definition) is 4. The molecule has 0 atom stereocenters. The summed E-state index contributed by atoms with van der Waals surface area (Å²) in [5, 5.41) is 11.5. The number of carbonyl (C=O) groups excluding carboxylic acids is 1. The topological polar surface area (TPSA) is 59.4 Å². The van der Waals surface area contributed by atoms with Crippen molar-refractivity contribution in [2.45, 2.75) is 44.6 Å². The van der Waals surface area contributed by atoms with Crippen molar-refractivity contribution < 1.29 is 9.18 Å². The van der Waals surface area contributed by atoms with Crippen LogP contribution in [0.2, 0.25) is 0 Å². The molecule has 0 unspecified atom stereocenters. The second kappa shape index (κ2) is 9.70. The minimum Gasteiger partial charge on any atom is -0.367 e. The molecule has 0 aromatic heterocycles. The quantitative estimate of drug-likeness (QED) is 0.834. The Labute approximate surface area is 161 Å². The van der Waals surface area contributed by atoms with Crippen molar-refractivity contribution >= 4 is 11.6 Å². The molecule has 5 nitrogen and oxygen atoms in total. The van der Waals surface area contributed by atoms with Crippen LogP contribution in [0.5, 0.6) is 0 Å². The standard InChI is InChI=1S/C21H29FN4O/c22-19-3-1-2-4-20(19)26-15-13-25(14-16-26)12-10-17-5-7-18(8-6-17)24-21(27)9-11-23/h1-4,17-18H,5-10,12-16H2,(H,24,27)/t17-,18-. The Bertz CT molecular complexity index is 658. The van der Waals surface area contributed by atoms with Crippen molar-refractivity contribution in [3.8, 4) is 6.07 Å². The highest BCUT2D eigenvalue weighted by atomic mass is 19.1. The molecule has 1 aliphatic heterocycles. The number of benzene rings is 1. The molecule has 1 saturated carbocycles. The maximum absolute atomic E-state index is 13.9. The number of nitrogens with one attached hydrogen (secondary N) is 1. The summed E-state index contributed by atoms with van der Waals surface area (Å²) >= 11 is 0. The number of para-hydroxylation sites is 1. The summed E-state index contributed by atoms with van der Waals surface area (Å²) in [5.74, 6) is 0.442. The summed E-state index contributed by atoms with van der Waals surface area (Å²) in [5.41, 5.74) is 0.717. The lowest BCUT2D eigenvalue weighted by molar-refractivity contribution is -0.121. The van der Waals surface area contributed by atoms with Gasteiger partial charge in [0.25, 0.3) is 0 Å². The first-order valence-corrected chi connectivity index (χ1v) is 10.0. The molecular weight excluding hydrogens is 343 g/mol. The molecule has 146 valence electrons. The fourth-order valence-electron chi connectivity index (χ4n) is 4.23. The minimum absolute atomic E-state index is 0.0429. The highest BCUT2D eigenvalue weighted by Gasteiger charge is 2.24. The fourth-order valence-corrected chi connectivity index (χ4v) is 4.23. The first kappa shape index (κ1) is 19.6. The lowest BCUT2D eigenvalue weighted by atomic mass is 9.84. The van der Waals surface area contributed by atoms with Crippen molar-refractivity contribution in [2.75, 3.05) is 37.6 Å². The number of amides is 1. The molecule has 0 bridgehead atoms. The zero-order valence-electron chi connectivity index (χ0n) is 15.9. The molecule has 2 aliphatic rings. The smallest absolute Gasteiger partial charge is 0.234 e.